The quantitative estimate of drug-likeness (QED) is 0.668. The summed E-state index contributed by atoms with van der Waals surface area (Å²) in [7, 11) is -2.02. The molecular formula is C20H26N2O5S. The van der Waals surface area contributed by atoms with Crippen molar-refractivity contribution in [2.75, 3.05) is 25.6 Å². The zero-order valence-corrected chi connectivity index (χ0v) is 17.3. The number of amides is 1. The largest absolute Gasteiger partial charge is 0.497 e. The molecule has 0 atom stereocenters. The van der Waals surface area contributed by atoms with Crippen LogP contribution >= 0.6 is 0 Å². The number of nitrogens with one attached hydrogen (secondary N) is 2. The second kappa shape index (κ2) is 9.57. The standard InChI is InChI=1S/C20H26N2O5S/c1-14(2)12-21-28(24,25)18-8-9-19(15(3)10-18)27-13-20(23)22-16-6-5-7-17(11-16)26-4/h5-11,14,21H,12-13H2,1-4H3,(H,22,23). The molecule has 0 saturated heterocycles. The Balaban J connectivity index is 1.98. The zero-order valence-electron chi connectivity index (χ0n) is 16.5. The Bertz CT molecular complexity index is 926. The van der Waals surface area contributed by atoms with E-state index in [4.69, 9.17) is 9.47 Å². The number of aryl methyl sites for hydroxylation is 1. The first-order chi connectivity index (χ1) is 13.2. The Morgan fingerprint density at radius 2 is 1.89 bits per heavy atom. The van der Waals surface area contributed by atoms with Crippen molar-refractivity contribution in [3.05, 3.63) is 48.0 Å². The normalized spacial score (nSPS) is 11.3. The van der Waals surface area contributed by atoms with Gasteiger partial charge in [-0.2, -0.15) is 0 Å². The first-order valence-electron chi connectivity index (χ1n) is 8.88. The third-order valence-corrected chi connectivity index (χ3v) is 5.27. The number of carbonyl (C=O) groups is 1. The number of carbonyl (C=O) groups excluding carboxylic acids is 1. The number of ether oxygens (including phenoxy) is 2. The van der Waals surface area contributed by atoms with E-state index in [9.17, 15) is 13.2 Å². The molecule has 0 radical (unpaired) electrons. The third kappa shape index (κ3) is 6.24. The van der Waals surface area contributed by atoms with Gasteiger partial charge in [0.2, 0.25) is 10.0 Å². The van der Waals surface area contributed by atoms with Crippen LogP contribution in [0.4, 0.5) is 5.69 Å². The molecule has 0 spiro atoms. The van der Waals surface area contributed by atoms with E-state index in [0.717, 1.165) is 0 Å². The maximum atomic E-state index is 12.3. The molecule has 0 aliphatic carbocycles. The molecule has 0 saturated carbocycles. The van der Waals surface area contributed by atoms with Crippen LogP contribution in [0.2, 0.25) is 0 Å². The van der Waals surface area contributed by atoms with Crippen LogP contribution in [-0.4, -0.2) is 34.6 Å². The third-order valence-electron chi connectivity index (χ3n) is 3.85. The van der Waals surface area contributed by atoms with Crippen LogP contribution in [0.25, 0.3) is 0 Å². The van der Waals surface area contributed by atoms with Crippen molar-refractivity contribution in [3.8, 4) is 11.5 Å². The number of anilines is 1. The second-order valence-corrected chi connectivity index (χ2v) is 8.51. The van der Waals surface area contributed by atoms with Crippen LogP contribution in [0.1, 0.15) is 19.4 Å². The van der Waals surface area contributed by atoms with E-state index in [1.807, 2.05) is 13.8 Å². The molecule has 0 fully saturated rings. The highest BCUT2D eigenvalue weighted by Gasteiger charge is 2.16. The van der Waals surface area contributed by atoms with Crippen molar-refractivity contribution in [3.63, 3.8) is 0 Å². The van der Waals surface area contributed by atoms with Gasteiger partial charge in [-0.15, -0.1) is 0 Å². The summed E-state index contributed by atoms with van der Waals surface area (Å²) in [5.41, 5.74) is 1.23. The lowest BCUT2D eigenvalue weighted by Crippen LogP contribution is -2.27. The predicted molar refractivity (Wildman–Crippen MR) is 108 cm³/mol. The molecule has 0 unspecified atom stereocenters. The first-order valence-corrected chi connectivity index (χ1v) is 10.4. The molecule has 1 amide bonds. The summed E-state index contributed by atoms with van der Waals surface area (Å²) in [5.74, 6) is 0.963. The molecule has 7 nitrogen and oxygen atoms in total. The van der Waals surface area contributed by atoms with Gasteiger partial charge in [0.15, 0.2) is 6.61 Å². The maximum Gasteiger partial charge on any atom is 0.262 e. The lowest BCUT2D eigenvalue weighted by atomic mass is 10.2. The summed E-state index contributed by atoms with van der Waals surface area (Å²) in [6.45, 7) is 5.76. The molecule has 0 heterocycles. The van der Waals surface area contributed by atoms with E-state index in [0.29, 0.717) is 29.3 Å². The van der Waals surface area contributed by atoms with Gasteiger partial charge in [0.25, 0.3) is 5.91 Å². The fourth-order valence-electron chi connectivity index (χ4n) is 2.35. The fourth-order valence-corrected chi connectivity index (χ4v) is 3.65. The Morgan fingerprint density at radius 1 is 1.14 bits per heavy atom. The van der Waals surface area contributed by atoms with Crippen LogP contribution in [0.5, 0.6) is 11.5 Å². The van der Waals surface area contributed by atoms with Crippen molar-refractivity contribution in [2.24, 2.45) is 5.92 Å². The summed E-state index contributed by atoms with van der Waals surface area (Å²) in [5, 5.41) is 2.72. The number of rotatable bonds is 9. The molecule has 2 N–H and O–H groups in total. The highest BCUT2D eigenvalue weighted by atomic mass is 32.2. The van der Waals surface area contributed by atoms with Crippen LogP contribution in [0.3, 0.4) is 0 Å². The van der Waals surface area contributed by atoms with Gasteiger partial charge >= 0.3 is 0 Å². The Morgan fingerprint density at radius 3 is 2.54 bits per heavy atom. The van der Waals surface area contributed by atoms with Gasteiger partial charge in [-0.05, 0) is 48.7 Å². The van der Waals surface area contributed by atoms with Crippen molar-refractivity contribution in [1.29, 1.82) is 0 Å². The van der Waals surface area contributed by atoms with E-state index in [-0.39, 0.29) is 23.3 Å². The van der Waals surface area contributed by atoms with Gasteiger partial charge in [-0.1, -0.05) is 19.9 Å². The number of hydrogen-bond acceptors (Lipinski definition) is 5. The minimum atomic E-state index is -3.57. The van der Waals surface area contributed by atoms with Crippen LogP contribution in [0.15, 0.2) is 47.4 Å². The average molecular weight is 407 g/mol. The lowest BCUT2D eigenvalue weighted by Gasteiger charge is -2.13. The van der Waals surface area contributed by atoms with Gasteiger partial charge in [-0.3, -0.25) is 4.79 Å². The molecular weight excluding hydrogens is 380 g/mol. The fraction of sp³-hybridized carbons (Fsp3) is 0.350. The Kier molecular flexibility index (Phi) is 7.42. The summed E-state index contributed by atoms with van der Waals surface area (Å²) in [4.78, 5) is 12.3. The molecule has 28 heavy (non-hydrogen) atoms. The molecule has 8 heteroatoms. The highest BCUT2D eigenvalue weighted by molar-refractivity contribution is 7.89. The van der Waals surface area contributed by atoms with E-state index in [2.05, 4.69) is 10.0 Å². The first kappa shape index (κ1) is 21.7. The summed E-state index contributed by atoms with van der Waals surface area (Å²) in [6.07, 6.45) is 0. The van der Waals surface area contributed by atoms with Gasteiger partial charge in [-0.25, -0.2) is 13.1 Å². The Labute approximate surface area is 166 Å². The van der Waals surface area contributed by atoms with E-state index < -0.39 is 10.0 Å². The monoisotopic (exact) mass is 406 g/mol. The van der Waals surface area contributed by atoms with E-state index >= 15 is 0 Å². The van der Waals surface area contributed by atoms with E-state index in [1.54, 1.807) is 44.4 Å². The number of methoxy groups -OCH3 is 1. The van der Waals surface area contributed by atoms with Gasteiger partial charge in [0.05, 0.1) is 12.0 Å². The van der Waals surface area contributed by atoms with Crippen molar-refractivity contribution >= 4 is 21.6 Å². The topological polar surface area (TPSA) is 93.7 Å². The van der Waals surface area contributed by atoms with Crippen molar-refractivity contribution in [2.45, 2.75) is 25.7 Å². The molecule has 152 valence electrons. The summed E-state index contributed by atoms with van der Waals surface area (Å²) >= 11 is 0. The average Bonchev–Trinajstić information content (AvgIpc) is 2.65. The molecule has 2 aromatic carbocycles. The van der Waals surface area contributed by atoms with Crippen LogP contribution < -0.4 is 19.5 Å². The molecule has 0 bridgehead atoms. The number of benzene rings is 2. The van der Waals surface area contributed by atoms with Crippen molar-refractivity contribution in [1.82, 2.24) is 4.72 Å². The summed E-state index contributed by atoms with van der Waals surface area (Å²) in [6, 6.07) is 11.5. The second-order valence-electron chi connectivity index (χ2n) is 6.74. The zero-order chi connectivity index (χ0) is 20.7. The van der Waals surface area contributed by atoms with Crippen molar-refractivity contribution < 1.29 is 22.7 Å². The molecule has 2 rings (SSSR count). The van der Waals surface area contributed by atoms with Gasteiger partial charge in [0, 0.05) is 18.3 Å². The lowest BCUT2D eigenvalue weighted by molar-refractivity contribution is -0.118. The molecule has 0 aromatic heterocycles. The van der Waals surface area contributed by atoms with Gasteiger partial charge in [0.1, 0.15) is 11.5 Å². The maximum absolute atomic E-state index is 12.3. The molecule has 0 aliphatic rings. The number of hydrogen-bond donors (Lipinski definition) is 2. The highest BCUT2D eigenvalue weighted by Crippen LogP contribution is 2.22. The SMILES string of the molecule is COc1cccc(NC(=O)COc2ccc(S(=O)(=O)NCC(C)C)cc2C)c1. The molecule has 2 aromatic rings. The van der Waals surface area contributed by atoms with E-state index in [1.165, 1.54) is 12.1 Å². The minimum Gasteiger partial charge on any atom is -0.497 e. The minimum absolute atomic E-state index is 0.166. The van der Waals surface area contributed by atoms with Gasteiger partial charge < -0.3 is 14.8 Å². The Hall–Kier alpha value is -2.58. The molecule has 0 aliphatic heterocycles. The predicted octanol–water partition coefficient (Wildman–Crippen LogP) is 2.96. The summed E-state index contributed by atoms with van der Waals surface area (Å²) < 4.78 is 37.8. The smallest absolute Gasteiger partial charge is 0.262 e. The van der Waals surface area contributed by atoms with Crippen LogP contribution in [0, 0.1) is 12.8 Å². The number of sulfonamides is 1. The van der Waals surface area contributed by atoms with Crippen LogP contribution in [-0.2, 0) is 14.8 Å².